The number of rotatable bonds is 9. The number of ketones is 1. The van der Waals surface area contributed by atoms with E-state index in [1.165, 1.54) is 12.8 Å². The van der Waals surface area contributed by atoms with Crippen molar-refractivity contribution in [3.8, 4) is 0 Å². The van der Waals surface area contributed by atoms with Crippen molar-refractivity contribution in [2.24, 2.45) is 0 Å². The number of carbonyl (C=O) groups is 1. The fraction of sp³-hybridized carbons (Fsp3) is 0.909. The number of hydrogen-bond acceptors (Lipinski definition) is 3. The van der Waals surface area contributed by atoms with E-state index in [1.807, 2.05) is 0 Å². The molecule has 0 unspecified atom stereocenters. The van der Waals surface area contributed by atoms with Crippen LogP contribution in [-0.2, 0) is 4.79 Å². The molecule has 0 aliphatic heterocycles. The Morgan fingerprint density at radius 3 is 2.36 bits per heavy atom. The number of aliphatic hydroxyl groups excluding tert-OH is 1. The number of carbonyl (C=O) groups excluding carboxylic acids is 1. The zero-order chi connectivity index (χ0) is 10.8. The lowest BCUT2D eigenvalue weighted by Crippen LogP contribution is -2.29. The van der Waals surface area contributed by atoms with Gasteiger partial charge in [0.2, 0.25) is 0 Å². The Morgan fingerprint density at radius 1 is 1.21 bits per heavy atom. The van der Waals surface area contributed by atoms with Crippen LogP contribution >= 0.6 is 0 Å². The minimum atomic E-state index is 0.212. The lowest BCUT2D eigenvalue weighted by Gasteiger charge is -2.20. The van der Waals surface area contributed by atoms with E-state index in [1.54, 1.807) is 6.92 Å². The Labute approximate surface area is 87.1 Å². The molecule has 0 aliphatic carbocycles. The molecule has 0 saturated heterocycles. The van der Waals surface area contributed by atoms with Gasteiger partial charge in [0.25, 0.3) is 0 Å². The van der Waals surface area contributed by atoms with Gasteiger partial charge in [-0.05, 0) is 32.9 Å². The van der Waals surface area contributed by atoms with Crippen molar-refractivity contribution in [3.63, 3.8) is 0 Å². The quantitative estimate of drug-likeness (QED) is 0.614. The highest BCUT2D eigenvalue weighted by Gasteiger charge is 2.03. The summed E-state index contributed by atoms with van der Waals surface area (Å²) in [6.07, 6.45) is 3.92. The van der Waals surface area contributed by atoms with Gasteiger partial charge in [0, 0.05) is 13.0 Å². The van der Waals surface area contributed by atoms with Crippen LogP contribution < -0.4 is 0 Å². The maximum atomic E-state index is 10.7. The first kappa shape index (κ1) is 13.6. The van der Waals surface area contributed by atoms with Gasteiger partial charge in [-0.15, -0.1) is 0 Å². The smallest absolute Gasteiger partial charge is 0.129 e. The second-order valence-corrected chi connectivity index (χ2v) is 3.72. The molecular weight excluding hydrogens is 178 g/mol. The van der Waals surface area contributed by atoms with Crippen LogP contribution in [0.25, 0.3) is 0 Å². The first-order chi connectivity index (χ1) is 6.70. The highest BCUT2D eigenvalue weighted by Crippen LogP contribution is 1.99. The summed E-state index contributed by atoms with van der Waals surface area (Å²) in [7, 11) is 0. The van der Waals surface area contributed by atoms with Crippen molar-refractivity contribution in [3.05, 3.63) is 0 Å². The standard InChI is InChI=1S/C11H23NO2/c1-3-4-7-12(9-10-13)8-5-6-11(2)14/h13H,3-10H2,1-2H3. The Bertz CT molecular complexity index is 148. The Kier molecular flexibility index (Phi) is 8.89. The molecule has 0 atom stereocenters. The van der Waals surface area contributed by atoms with Crippen LogP contribution in [-0.4, -0.2) is 42.0 Å². The largest absolute Gasteiger partial charge is 0.395 e. The third kappa shape index (κ3) is 8.20. The molecule has 0 amide bonds. The number of nitrogens with zero attached hydrogens (tertiary/aromatic N) is 1. The second-order valence-electron chi connectivity index (χ2n) is 3.72. The second kappa shape index (κ2) is 9.16. The Balaban J connectivity index is 3.55. The average Bonchev–Trinajstić information content (AvgIpc) is 2.13. The van der Waals surface area contributed by atoms with Crippen molar-refractivity contribution < 1.29 is 9.90 Å². The summed E-state index contributed by atoms with van der Waals surface area (Å²) >= 11 is 0. The first-order valence-electron chi connectivity index (χ1n) is 5.53. The van der Waals surface area contributed by atoms with Crippen LogP contribution in [0.1, 0.15) is 39.5 Å². The van der Waals surface area contributed by atoms with Gasteiger partial charge in [0.15, 0.2) is 0 Å². The molecule has 0 radical (unpaired) electrons. The van der Waals surface area contributed by atoms with Gasteiger partial charge < -0.3 is 14.8 Å². The summed E-state index contributed by atoms with van der Waals surface area (Å²) in [6, 6.07) is 0. The molecule has 3 heteroatoms. The highest BCUT2D eigenvalue weighted by atomic mass is 16.3. The third-order valence-electron chi connectivity index (χ3n) is 2.25. The topological polar surface area (TPSA) is 40.5 Å². The molecule has 0 spiro atoms. The zero-order valence-electron chi connectivity index (χ0n) is 9.46. The molecule has 84 valence electrons. The van der Waals surface area contributed by atoms with Crippen LogP contribution in [0, 0.1) is 0 Å². The molecule has 0 rings (SSSR count). The molecule has 0 bridgehead atoms. The van der Waals surface area contributed by atoms with Gasteiger partial charge in [-0.3, -0.25) is 0 Å². The lowest BCUT2D eigenvalue weighted by molar-refractivity contribution is -0.117. The number of aliphatic hydroxyl groups is 1. The molecule has 0 saturated carbocycles. The highest BCUT2D eigenvalue weighted by molar-refractivity contribution is 5.75. The molecule has 0 aromatic rings. The fourth-order valence-electron chi connectivity index (χ4n) is 1.41. The number of Topliss-reactive ketones (excluding diaryl/α,β-unsaturated/α-hetero) is 1. The maximum absolute atomic E-state index is 10.7. The minimum absolute atomic E-state index is 0.212. The summed E-state index contributed by atoms with van der Waals surface area (Å²) in [5.74, 6) is 0.254. The van der Waals surface area contributed by atoms with Crippen molar-refractivity contribution in [2.45, 2.75) is 39.5 Å². The number of hydrogen-bond donors (Lipinski definition) is 1. The molecule has 1 N–H and O–H groups in total. The van der Waals surface area contributed by atoms with E-state index in [2.05, 4.69) is 11.8 Å². The normalized spacial score (nSPS) is 10.9. The molecule has 0 aromatic heterocycles. The van der Waals surface area contributed by atoms with Gasteiger partial charge in [-0.25, -0.2) is 0 Å². The summed E-state index contributed by atoms with van der Waals surface area (Å²) in [5.41, 5.74) is 0. The minimum Gasteiger partial charge on any atom is -0.395 e. The SMILES string of the molecule is CCCCN(CCO)CCCC(C)=O. The molecule has 14 heavy (non-hydrogen) atoms. The van der Waals surface area contributed by atoms with Gasteiger partial charge in [0.05, 0.1) is 6.61 Å². The van der Waals surface area contributed by atoms with Crippen LogP contribution in [0.5, 0.6) is 0 Å². The van der Waals surface area contributed by atoms with E-state index in [-0.39, 0.29) is 12.4 Å². The maximum Gasteiger partial charge on any atom is 0.129 e. The van der Waals surface area contributed by atoms with Gasteiger partial charge in [0.1, 0.15) is 5.78 Å². The van der Waals surface area contributed by atoms with E-state index in [9.17, 15) is 4.79 Å². The van der Waals surface area contributed by atoms with Gasteiger partial charge in [-0.2, -0.15) is 0 Å². The van der Waals surface area contributed by atoms with E-state index in [0.717, 1.165) is 26.1 Å². The summed E-state index contributed by atoms with van der Waals surface area (Å²) in [4.78, 5) is 13.0. The zero-order valence-corrected chi connectivity index (χ0v) is 9.46. The summed E-state index contributed by atoms with van der Waals surface area (Å²) < 4.78 is 0. The van der Waals surface area contributed by atoms with Crippen LogP contribution in [0.4, 0.5) is 0 Å². The van der Waals surface area contributed by atoms with Crippen LogP contribution in [0.3, 0.4) is 0 Å². The van der Waals surface area contributed by atoms with E-state index < -0.39 is 0 Å². The van der Waals surface area contributed by atoms with E-state index in [0.29, 0.717) is 6.42 Å². The van der Waals surface area contributed by atoms with Crippen molar-refractivity contribution >= 4 is 5.78 Å². The monoisotopic (exact) mass is 201 g/mol. The number of unbranched alkanes of at least 4 members (excludes halogenated alkanes) is 1. The molecule has 0 fully saturated rings. The Hall–Kier alpha value is -0.410. The summed E-state index contributed by atoms with van der Waals surface area (Å²) in [5, 5.41) is 8.84. The predicted molar refractivity (Wildman–Crippen MR) is 58.3 cm³/mol. The van der Waals surface area contributed by atoms with Crippen LogP contribution in [0.15, 0.2) is 0 Å². The van der Waals surface area contributed by atoms with E-state index in [4.69, 9.17) is 5.11 Å². The van der Waals surface area contributed by atoms with Gasteiger partial charge in [-0.1, -0.05) is 13.3 Å². The van der Waals surface area contributed by atoms with Crippen LogP contribution in [0.2, 0.25) is 0 Å². The molecule has 0 aromatic carbocycles. The first-order valence-corrected chi connectivity index (χ1v) is 5.53. The predicted octanol–water partition coefficient (Wildman–Crippen LogP) is 1.45. The lowest BCUT2D eigenvalue weighted by atomic mass is 10.2. The third-order valence-corrected chi connectivity index (χ3v) is 2.25. The molecular formula is C11H23NO2. The van der Waals surface area contributed by atoms with E-state index >= 15 is 0 Å². The summed E-state index contributed by atoms with van der Waals surface area (Å²) in [6.45, 7) is 6.70. The average molecular weight is 201 g/mol. The molecule has 0 heterocycles. The van der Waals surface area contributed by atoms with Gasteiger partial charge >= 0.3 is 0 Å². The molecule has 0 aliphatic rings. The van der Waals surface area contributed by atoms with Crippen molar-refractivity contribution in [1.82, 2.24) is 4.90 Å². The Morgan fingerprint density at radius 2 is 1.86 bits per heavy atom. The van der Waals surface area contributed by atoms with Crippen molar-refractivity contribution in [1.29, 1.82) is 0 Å². The van der Waals surface area contributed by atoms with Crippen molar-refractivity contribution in [2.75, 3.05) is 26.2 Å². The fourth-order valence-corrected chi connectivity index (χ4v) is 1.41. The molecule has 3 nitrogen and oxygen atoms in total.